The molecule has 156 valence electrons. The molecule has 0 bridgehead atoms. The molecule has 0 heterocycles. The van der Waals surface area contributed by atoms with Gasteiger partial charge in [0, 0.05) is 11.1 Å². The van der Waals surface area contributed by atoms with Crippen molar-refractivity contribution in [3.8, 4) is 0 Å². The van der Waals surface area contributed by atoms with Crippen LogP contribution in [-0.4, -0.2) is 43.0 Å². The van der Waals surface area contributed by atoms with Crippen molar-refractivity contribution >= 4 is 29.7 Å². The summed E-state index contributed by atoms with van der Waals surface area (Å²) in [6.45, 7) is -0.439. The van der Waals surface area contributed by atoms with Crippen molar-refractivity contribution in [2.24, 2.45) is 11.5 Å². The lowest BCUT2D eigenvalue weighted by molar-refractivity contribution is 0.0938. The van der Waals surface area contributed by atoms with Gasteiger partial charge >= 0.3 is 12.1 Å². The van der Waals surface area contributed by atoms with E-state index >= 15 is 0 Å². The van der Waals surface area contributed by atoms with Crippen LogP contribution in [0.25, 0.3) is 0 Å². The number of rotatable bonds is 8. The number of benzene rings is 2. The number of carbonyl (C=O) groups is 5. The number of urea groups is 2. The lowest BCUT2D eigenvalue weighted by Gasteiger charge is -2.12. The lowest BCUT2D eigenvalue weighted by Crippen LogP contribution is -2.40. The highest BCUT2D eigenvalue weighted by Crippen LogP contribution is 2.18. The summed E-state index contributed by atoms with van der Waals surface area (Å²) in [5, 5.41) is 9.25. The van der Waals surface area contributed by atoms with E-state index in [4.69, 9.17) is 11.5 Å². The second-order valence-electron chi connectivity index (χ2n) is 5.87. The van der Waals surface area contributed by atoms with E-state index in [0.717, 1.165) is 0 Å². The fourth-order valence-corrected chi connectivity index (χ4v) is 2.52. The van der Waals surface area contributed by atoms with Crippen LogP contribution in [0.4, 0.5) is 9.59 Å². The molecule has 2 aromatic carbocycles. The largest absolute Gasteiger partial charge is 0.352 e. The number of amides is 6. The van der Waals surface area contributed by atoms with Crippen LogP contribution in [-0.2, 0) is 0 Å². The summed E-state index contributed by atoms with van der Waals surface area (Å²) in [7, 11) is 0. The maximum absolute atomic E-state index is 13.1. The number of carbonyl (C=O) groups excluding carboxylic acids is 5. The van der Waals surface area contributed by atoms with Crippen molar-refractivity contribution in [2.75, 3.05) is 13.3 Å². The van der Waals surface area contributed by atoms with Gasteiger partial charge in [0.2, 0.25) is 0 Å². The second-order valence-corrected chi connectivity index (χ2v) is 5.87. The quantitative estimate of drug-likeness (QED) is 0.255. The zero-order valence-corrected chi connectivity index (χ0v) is 15.7. The van der Waals surface area contributed by atoms with Crippen LogP contribution in [0.5, 0.6) is 0 Å². The van der Waals surface area contributed by atoms with Gasteiger partial charge in [0.1, 0.15) is 0 Å². The summed E-state index contributed by atoms with van der Waals surface area (Å²) < 4.78 is 0. The van der Waals surface area contributed by atoms with Crippen LogP contribution < -0.4 is 32.7 Å². The van der Waals surface area contributed by atoms with Crippen molar-refractivity contribution in [1.82, 2.24) is 21.3 Å². The normalized spacial score (nSPS) is 9.87. The van der Waals surface area contributed by atoms with E-state index in [0.29, 0.717) is 0 Å². The van der Waals surface area contributed by atoms with Crippen molar-refractivity contribution in [3.63, 3.8) is 0 Å². The molecule has 2 aromatic rings. The number of hydrogen-bond acceptors (Lipinski definition) is 5. The van der Waals surface area contributed by atoms with E-state index in [1.807, 2.05) is 0 Å². The third-order valence-electron chi connectivity index (χ3n) is 3.86. The van der Waals surface area contributed by atoms with Gasteiger partial charge in [0.25, 0.3) is 11.8 Å². The lowest BCUT2D eigenvalue weighted by atomic mass is 9.94. The molecule has 0 radical (unpaired) electrons. The Labute approximate surface area is 171 Å². The molecule has 0 spiro atoms. The fourth-order valence-electron chi connectivity index (χ4n) is 2.52. The van der Waals surface area contributed by atoms with E-state index in [1.165, 1.54) is 24.3 Å². The van der Waals surface area contributed by atoms with Crippen LogP contribution in [0.15, 0.2) is 48.5 Å². The van der Waals surface area contributed by atoms with Crippen molar-refractivity contribution in [3.05, 3.63) is 70.8 Å². The summed E-state index contributed by atoms with van der Waals surface area (Å²) >= 11 is 0. The van der Waals surface area contributed by atoms with Gasteiger partial charge in [0.15, 0.2) is 5.78 Å². The number of nitrogens with two attached hydrogens (primary N) is 2. The SMILES string of the molecule is NC(=O)NCNC(=O)c1ccccc1C(=O)c1ccccc1C(=O)NCNC(N)=O. The van der Waals surface area contributed by atoms with Gasteiger partial charge in [-0.25, -0.2) is 9.59 Å². The monoisotopic (exact) mass is 412 g/mol. The van der Waals surface area contributed by atoms with Gasteiger partial charge in [-0.2, -0.15) is 0 Å². The molecule has 0 saturated heterocycles. The molecule has 8 N–H and O–H groups in total. The van der Waals surface area contributed by atoms with Gasteiger partial charge in [-0.05, 0) is 12.1 Å². The van der Waals surface area contributed by atoms with Crippen molar-refractivity contribution in [1.29, 1.82) is 0 Å². The first-order valence-corrected chi connectivity index (χ1v) is 8.67. The van der Waals surface area contributed by atoms with Crippen molar-refractivity contribution in [2.45, 2.75) is 0 Å². The van der Waals surface area contributed by atoms with Crippen LogP contribution in [0.3, 0.4) is 0 Å². The summed E-state index contributed by atoms with van der Waals surface area (Å²) in [5.41, 5.74) is 10.1. The molecule has 30 heavy (non-hydrogen) atoms. The average molecular weight is 412 g/mol. The van der Waals surface area contributed by atoms with Crippen molar-refractivity contribution < 1.29 is 24.0 Å². The maximum atomic E-state index is 13.1. The number of hydrogen-bond donors (Lipinski definition) is 6. The summed E-state index contributed by atoms with van der Waals surface area (Å²) in [6.07, 6.45) is 0. The maximum Gasteiger partial charge on any atom is 0.313 e. The molecule has 2 rings (SSSR count). The Morgan fingerprint density at radius 2 is 0.900 bits per heavy atom. The molecule has 0 aliphatic heterocycles. The third kappa shape index (κ3) is 5.79. The first-order valence-electron chi connectivity index (χ1n) is 8.67. The topological polar surface area (TPSA) is 186 Å². The average Bonchev–Trinajstić information content (AvgIpc) is 2.72. The standard InChI is InChI=1S/C19H20N6O5/c20-18(29)24-9-22-16(27)13-7-3-1-5-11(13)15(26)12-6-2-4-8-14(12)17(28)23-10-25-19(21)30/h1-8H,9-10H2,(H,22,27)(H,23,28)(H3,20,24,29)(H3,21,25,30). The van der Waals surface area contributed by atoms with Crippen LogP contribution >= 0.6 is 0 Å². The molecule has 11 heteroatoms. The van der Waals surface area contributed by atoms with E-state index in [1.54, 1.807) is 24.3 Å². The van der Waals surface area contributed by atoms with E-state index in [-0.39, 0.29) is 35.6 Å². The Bertz CT molecular complexity index is 913. The number of nitrogens with one attached hydrogen (secondary N) is 4. The first-order chi connectivity index (χ1) is 14.3. The van der Waals surface area contributed by atoms with Gasteiger partial charge in [0.05, 0.1) is 24.5 Å². The Hall–Kier alpha value is -4.41. The molecule has 6 amide bonds. The summed E-state index contributed by atoms with van der Waals surface area (Å²) in [5.74, 6) is -1.78. The van der Waals surface area contributed by atoms with E-state index in [2.05, 4.69) is 21.3 Å². The summed E-state index contributed by atoms with van der Waals surface area (Å²) in [4.78, 5) is 59.4. The molecule has 0 aliphatic rings. The van der Waals surface area contributed by atoms with Crippen LogP contribution in [0.2, 0.25) is 0 Å². The third-order valence-corrected chi connectivity index (χ3v) is 3.86. The van der Waals surface area contributed by atoms with E-state index in [9.17, 15) is 24.0 Å². The number of primary amides is 2. The zero-order valence-electron chi connectivity index (χ0n) is 15.7. The highest BCUT2D eigenvalue weighted by atomic mass is 16.2. The van der Waals surface area contributed by atoms with Gasteiger partial charge in [-0.1, -0.05) is 36.4 Å². The predicted octanol–water partition coefficient (Wildman–Crippen LogP) is -0.371. The molecule has 11 nitrogen and oxygen atoms in total. The van der Waals surface area contributed by atoms with E-state index < -0.39 is 29.7 Å². The molecule has 0 atom stereocenters. The zero-order chi connectivity index (χ0) is 22.1. The van der Waals surface area contributed by atoms with Gasteiger partial charge in [-0.15, -0.1) is 0 Å². The molecule has 0 saturated carbocycles. The molecule has 0 aliphatic carbocycles. The number of ketones is 1. The Kier molecular flexibility index (Phi) is 7.46. The molecule has 0 fully saturated rings. The Morgan fingerprint density at radius 1 is 0.567 bits per heavy atom. The summed E-state index contributed by atoms with van der Waals surface area (Å²) in [6, 6.07) is 10.4. The Balaban J connectivity index is 2.27. The second kappa shape index (κ2) is 10.2. The molecule has 0 aromatic heterocycles. The Morgan fingerprint density at radius 3 is 1.23 bits per heavy atom. The molecule has 0 unspecified atom stereocenters. The minimum absolute atomic E-state index is 0.0550. The minimum Gasteiger partial charge on any atom is -0.352 e. The van der Waals surface area contributed by atoms with Gasteiger partial charge < -0.3 is 32.7 Å². The first kappa shape index (κ1) is 21.9. The predicted molar refractivity (Wildman–Crippen MR) is 106 cm³/mol. The fraction of sp³-hybridized carbons (Fsp3) is 0.105. The molecular weight excluding hydrogens is 392 g/mol. The highest BCUT2D eigenvalue weighted by molar-refractivity contribution is 6.19. The smallest absolute Gasteiger partial charge is 0.313 e. The minimum atomic E-state index is -0.814. The highest BCUT2D eigenvalue weighted by Gasteiger charge is 2.22. The van der Waals surface area contributed by atoms with Crippen LogP contribution in [0.1, 0.15) is 36.6 Å². The molecular formula is C19H20N6O5. The van der Waals surface area contributed by atoms with Crippen LogP contribution in [0, 0.1) is 0 Å². The van der Waals surface area contributed by atoms with Gasteiger partial charge in [-0.3, -0.25) is 14.4 Å².